The molecule has 0 saturated carbocycles. The summed E-state index contributed by atoms with van der Waals surface area (Å²) in [5.74, 6) is 0.674. The molecule has 1 atom stereocenters. The molecule has 2 aromatic carbocycles. The van der Waals surface area contributed by atoms with Crippen LogP contribution in [0.4, 0.5) is 10.1 Å². The van der Waals surface area contributed by atoms with E-state index in [0.29, 0.717) is 19.2 Å². The predicted octanol–water partition coefficient (Wildman–Crippen LogP) is 3.79. The van der Waals surface area contributed by atoms with Crippen LogP contribution in [0.25, 0.3) is 0 Å². The Labute approximate surface area is 183 Å². The number of halogens is 2. The van der Waals surface area contributed by atoms with E-state index in [1.807, 2.05) is 19.1 Å². The first-order valence-electron chi connectivity index (χ1n) is 9.38. The van der Waals surface area contributed by atoms with Gasteiger partial charge in [0.25, 0.3) is 0 Å². The van der Waals surface area contributed by atoms with E-state index in [-0.39, 0.29) is 35.5 Å². The first kappa shape index (κ1) is 22.3. The highest BCUT2D eigenvalue weighted by molar-refractivity contribution is 14.0. The zero-order valence-corrected chi connectivity index (χ0v) is 18.7. The lowest BCUT2D eigenvalue weighted by Crippen LogP contribution is -2.44. The normalized spacial score (nSPS) is 16.5. The Bertz CT molecular complexity index is 772. The van der Waals surface area contributed by atoms with Gasteiger partial charge in [0.05, 0.1) is 6.61 Å². The molecule has 152 valence electrons. The number of guanidine groups is 1. The summed E-state index contributed by atoms with van der Waals surface area (Å²) in [5.41, 5.74) is 2.09. The van der Waals surface area contributed by atoms with Gasteiger partial charge >= 0.3 is 0 Å². The highest BCUT2D eigenvalue weighted by atomic mass is 127. The van der Waals surface area contributed by atoms with Gasteiger partial charge < -0.3 is 20.3 Å². The second-order valence-corrected chi connectivity index (χ2v) is 6.54. The van der Waals surface area contributed by atoms with Gasteiger partial charge in [0.15, 0.2) is 17.5 Å². The van der Waals surface area contributed by atoms with Crippen LogP contribution in [0.15, 0.2) is 53.5 Å². The fourth-order valence-electron chi connectivity index (χ4n) is 3.25. The van der Waals surface area contributed by atoms with Crippen LogP contribution in [-0.2, 0) is 6.54 Å². The van der Waals surface area contributed by atoms with Crippen LogP contribution in [0.1, 0.15) is 18.9 Å². The van der Waals surface area contributed by atoms with E-state index in [4.69, 9.17) is 4.74 Å². The number of benzene rings is 2. The maximum absolute atomic E-state index is 14.0. The molecule has 1 unspecified atom stereocenters. The van der Waals surface area contributed by atoms with Gasteiger partial charge in [-0.1, -0.05) is 24.3 Å². The van der Waals surface area contributed by atoms with Gasteiger partial charge in [0.1, 0.15) is 0 Å². The van der Waals surface area contributed by atoms with Gasteiger partial charge in [-0.3, -0.25) is 4.99 Å². The Hall–Kier alpha value is -2.03. The van der Waals surface area contributed by atoms with Crippen molar-refractivity contribution in [3.8, 4) is 5.75 Å². The number of aliphatic imine (C=N–C) groups is 1. The molecule has 2 N–H and O–H groups in total. The molecule has 3 rings (SSSR count). The monoisotopic (exact) mass is 498 g/mol. The van der Waals surface area contributed by atoms with Crippen LogP contribution in [0.3, 0.4) is 0 Å². The minimum absolute atomic E-state index is 0. The van der Waals surface area contributed by atoms with E-state index < -0.39 is 0 Å². The molecule has 1 fully saturated rings. The van der Waals surface area contributed by atoms with E-state index in [1.165, 1.54) is 11.8 Å². The first-order valence-corrected chi connectivity index (χ1v) is 9.38. The van der Waals surface area contributed by atoms with Crippen molar-refractivity contribution in [2.24, 2.45) is 4.99 Å². The molecule has 1 aliphatic heterocycles. The number of anilines is 1. The highest BCUT2D eigenvalue weighted by Gasteiger charge is 2.23. The van der Waals surface area contributed by atoms with E-state index in [9.17, 15) is 4.39 Å². The van der Waals surface area contributed by atoms with Gasteiger partial charge in [-0.15, -0.1) is 24.0 Å². The third kappa shape index (κ3) is 5.98. The Morgan fingerprint density at radius 3 is 2.71 bits per heavy atom. The molecule has 5 nitrogen and oxygen atoms in total. The van der Waals surface area contributed by atoms with Crippen molar-refractivity contribution in [3.05, 3.63) is 59.9 Å². The van der Waals surface area contributed by atoms with Crippen molar-refractivity contribution in [1.29, 1.82) is 0 Å². The van der Waals surface area contributed by atoms with Gasteiger partial charge in [-0.25, -0.2) is 4.39 Å². The zero-order valence-electron chi connectivity index (χ0n) is 16.3. The van der Waals surface area contributed by atoms with Crippen molar-refractivity contribution in [2.75, 3.05) is 31.6 Å². The Balaban J connectivity index is 0.00000280. The van der Waals surface area contributed by atoms with Gasteiger partial charge in [0, 0.05) is 38.4 Å². The minimum atomic E-state index is -0.339. The highest BCUT2D eigenvalue weighted by Crippen LogP contribution is 2.20. The van der Waals surface area contributed by atoms with E-state index in [0.717, 1.165) is 31.0 Å². The molecule has 0 aliphatic carbocycles. The molecule has 1 aliphatic rings. The van der Waals surface area contributed by atoms with Gasteiger partial charge in [-0.05, 0) is 43.2 Å². The lowest BCUT2D eigenvalue weighted by molar-refractivity contribution is 0.321. The quantitative estimate of drug-likeness (QED) is 0.362. The lowest BCUT2D eigenvalue weighted by Gasteiger charge is -2.20. The molecule has 2 aromatic rings. The Morgan fingerprint density at radius 1 is 1.25 bits per heavy atom. The average Bonchev–Trinajstić information content (AvgIpc) is 3.16. The van der Waals surface area contributed by atoms with Gasteiger partial charge in [0.2, 0.25) is 0 Å². The lowest BCUT2D eigenvalue weighted by atomic mass is 10.2. The summed E-state index contributed by atoms with van der Waals surface area (Å²) in [7, 11) is 1.75. The Kier molecular flexibility index (Phi) is 8.82. The SMILES string of the molecule is CCOc1ccc(CNC(=NC)NC2CCN(c3ccccc3)C2)cc1F.I. The summed E-state index contributed by atoms with van der Waals surface area (Å²) in [4.78, 5) is 6.66. The maximum atomic E-state index is 14.0. The van der Waals surface area contributed by atoms with Crippen molar-refractivity contribution >= 4 is 35.6 Å². The summed E-state index contributed by atoms with van der Waals surface area (Å²) in [6, 6.07) is 15.8. The largest absolute Gasteiger partial charge is 0.491 e. The molecule has 0 bridgehead atoms. The second-order valence-electron chi connectivity index (χ2n) is 6.54. The molecule has 28 heavy (non-hydrogen) atoms. The topological polar surface area (TPSA) is 48.9 Å². The summed E-state index contributed by atoms with van der Waals surface area (Å²) < 4.78 is 19.2. The molecule has 0 aromatic heterocycles. The van der Waals surface area contributed by atoms with Gasteiger partial charge in [-0.2, -0.15) is 0 Å². The molecule has 1 saturated heterocycles. The number of para-hydroxylation sites is 1. The number of hydrogen-bond donors (Lipinski definition) is 2. The number of nitrogens with one attached hydrogen (secondary N) is 2. The number of nitrogens with zero attached hydrogens (tertiary/aromatic N) is 2. The molecular weight excluding hydrogens is 470 g/mol. The van der Waals surface area contributed by atoms with Crippen molar-refractivity contribution in [2.45, 2.75) is 25.9 Å². The Morgan fingerprint density at radius 2 is 2.04 bits per heavy atom. The standard InChI is InChI=1S/C21H27FN4O.HI/c1-3-27-20-10-9-16(13-19(20)22)14-24-21(23-2)25-17-11-12-26(15-17)18-7-5-4-6-8-18;/h4-10,13,17H,3,11-12,14-15H2,1-2H3,(H2,23,24,25);1H. The van der Waals surface area contributed by atoms with Crippen molar-refractivity contribution in [1.82, 2.24) is 10.6 Å². The first-order chi connectivity index (χ1) is 13.2. The minimum Gasteiger partial charge on any atom is -0.491 e. The fraction of sp³-hybridized carbons (Fsp3) is 0.381. The summed E-state index contributed by atoms with van der Waals surface area (Å²) in [5, 5.41) is 6.72. The van der Waals surface area contributed by atoms with E-state index >= 15 is 0 Å². The summed E-state index contributed by atoms with van der Waals surface area (Å²) in [6.45, 7) is 4.74. The third-order valence-electron chi connectivity index (χ3n) is 4.63. The average molecular weight is 498 g/mol. The molecule has 0 spiro atoms. The predicted molar refractivity (Wildman–Crippen MR) is 123 cm³/mol. The smallest absolute Gasteiger partial charge is 0.191 e. The zero-order chi connectivity index (χ0) is 19.1. The second kappa shape index (κ2) is 11.1. The number of rotatable bonds is 6. The van der Waals surface area contributed by atoms with Crippen molar-refractivity contribution in [3.63, 3.8) is 0 Å². The van der Waals surface area contributed by atoms with Crippen LogP contribution in [0.2, 0.25) is 0 Å². The maximum Gasteiger partial charge on any atom is 0.191 e. The number of hydrogen-bond acceptors (Lipinski definition) is 3. The number of ether oxygens (including phenoxy) is 1. The summed E-state index contributed by atoms with van der Waals surface area (Å²) >= 11 is 0. The molecule has 7 heteroatoms. The van der Waals surface area contributed by atoms with E-state index in [1.54, 1.807) is 13.1 Å². The van der Waals surface area contributed by atoms with E-state index in [2.05, 4.69) is 44.8 Å². The molecule has 1 heterocycles. The third-order valence-corrected chi connectivity index (χ3v) is 4.63. The van der Waals surface area contributed by atoms with Crippen LogP contribution < -0.4 is 20.3 Å². The molecular formula is C21H28FIN4O. The van der Waals surface area contributed by atoms with Crippen LogP contribution in [0, 0.1) is 5.82 Å². The fourth-order valence-corrected chi connectivity index (χ4v) is 3.25. The summed E-state index contributed by atoms with van der Waals surface area (Å²) in [6.07, 6.45) is 1.05. The van der Waals surface area contributed by atoms with Crippen LogP contribution in [0.5, 0.6) is 5.75 Å². The molecule has 0 radical (unpaired) electrons. The van der Waals surface area contributed by atoms with Crippen LogP contribution in [-0.4, -0.2) is 38.7 Å². The van der Waals surface area contributed by atoms with Crippen molar-refractivity contribution < 1.29 is 9.13 Å². The molecule has 0 amide bonds. The van der Waals surface area contributed by atoms with Crippen LogP contribution >= 0.6 is 24.0 Å².